The highest BCUT2D eigenvalue weighted by molar-refractivity contribution is 6.37. The van der Waals surface area contributed by atoms with Crippen LogP contribution in [0.5, 0.6) is 11.5 Å². The number of rotatable bonds is 8. The molecule has 0 aliphatic carbocycles. The van der Waals surface area contributed by atoms with Crippen molar-refractivity contribution in [2.45, 2.75) is 33.6 Å². The lowest BCUT2D eigenvalue weighted by molar-refractivity contribution is -0.118. The summed E-state index contributed by atoms with van der Waals surface area (Å²) in [6, 6.07) is 9.51. The number of carbonyl (C=O) groups excluding carboxylic acids is 1. The minimum Gasteiger partial charge on any atom is -0.490 e. The van der Waals surface area contributed by atoms with Gasteiger partial charge < -0.3 is 9.47 Å². The molecule has 0 spiro atoms. The first-order chi connectivity index (χ1) is 13.3. The first kappa shape index (κ1) is 22.1. The Hall–Kier alpha value is -2.24. The molecule has 0 saturated heterocycles. The van der Waals surface area contributed by atoms with E-state index in [1.54, 1.807) is 12.1 Å². The number of halogens is 2. The molecule has 0 aliphatic heterocycles. The van der Waals surface area contributed by atoms with Crippen molar-refractivity contribution in [3.05, 3.63) is 57.1 Å². The van der Waals surface area contributed by atoms with E-state index in [4.69, 9.17) is 32.7 Å². The number of amides is 1. The van der Waals surface area contributed by atoms with Gasteiger partial charge in [0.1, 0.15) is 19.0 Å². The first-order valence-corrected chi connectivity index (χ1v) is 9.68. The Morgan fingerprint density at radius 1 is 1.14 bits per heavy atom. The lowest BCUT2D eigenvalue weighted by Gasteiger charge is -2.16. The van der Waals surface area contributed by atoms with E-state index in [1.807, 2.05) is 13.0 Å². The normalized spacial score (nSPS) is 11.1. The number of benzene rings is 2. The second kappa shape index (κ2) is 10.3. The van der Waals surface area contributed by atoms with Crippen LogP contribution in [0.3, 0.4) is 0 Å². The number of ether oxygens (including phenoxy) is 2. The molecule has 0 saturated carbocycles. The van der Waals surface area contributed by atoms with Crippen LogP contribution < -0.4 is 14.9 Å². The van der Waals surface area contributed by atoms with E-state index in [9.17, 15) is 4.79 Å². The van der Waals surface area contributed by atoms with Crippen molar-refractivity contribution in [2.75, 3.05) is 13.2 Å². The summed E-state index contributed by atoms with van der Waals surface area (Å²) in [5.74, 6) is 1.35. The number of carbonyl (C=O) groups is 1. The van der Waals surface area contributed by atoms with Crippen molar-refractivity contribution in [3.63, 3.8) is 0 Å². The highest BCUT2D eigenvalue weighted by Crippen LogP contribution is 2.34. The first-order valence-electron chi connectivity index (χ1n) is 8.92. The van der Waals surface area contributed by atoms with E-state index in [2.05, 4.69) is 36.5 Å². The second-order valence-corrected chi connectivity index (χ2v) is 7.45. The molecule has 5 nitrogen and oxygen atoms in total. The van der Waals surface area contributed by atoms with E-state index in [1.165, 1.54) is 13.1 Å². The summed E-state index contributed by atoms with van der Waals surface area (Å²) in [7, 11) is 0. The van der Waals surface area contributed by atoms with Gasteiger partial charge in [-0.05, 0) is 47.7 Å². The summed E-state index contributed by atoms with van der Waals surface area (Å²) >= 11 is 12.5. The number of nitrogens with zero attached hydrogens (tertiary/aromatic N) is 1. The smallest absolute Gasteiger partial charge is 0.236 e. The van der Waals surface area contributed by atoms with Gasteiger partial charge >= 0.3 is 0 Å². The SMILES string of the molecule is CC(=O)NN=Cc1cc(Cl)c(OCCOc2cc(C)ccc2C(C)C)c(Cl)c1. The van der Waals surface area contributed by atoms with Crippen molar-refractivity contribution in [1.29, 1.82) is 0 Å². The lowest BCUT2D eigenvalue weighted by Crippen LogP contribution is -2.12. The molecule has 1 amide bonds. The predicted octanol–water partition coefficient (Wildman–Crippen LogP) is 5.35. The summed E-state index contributed by atoms with van der Waals surface area (Å²) in [5, 5.41) is 4.50. The fourth-order valence-corrected chi connectivity index (χ4v) is 3.14. The monoisotopic (exact) mass is 422 g/mol. The Morgan fingerprint density at radius 2 is 1.79 bits per heavy atom. The Kier molecular flexibility index (Phi) is 8.15. The molecule has 7 heteroatoms. The van der Waals surface area contributed by atoms with E-state index in [-0.39, 0.29) is 5.91 Å². The fraction of sp³-hybridized carbons (Fsp3) is 0.333. The standard InChI is InChI=1S/C21H24Cl2N2O3/c1-13(2)17-6-5-14(3)9-20(17)27-7-8-28-21-18(22)10-16(11-19(21)23)12-24-25-15(4)26/h5-6,9-13H,7-8H2,1-4H3,(H,25,26). The molecule has 0 unspecified atom stereocenters. The number of aryl methyl sites for hydroxylation is 1. The summed E-state index contributed by atoms with van der Waals surface area (Å²) in [6.45, 7) is 8.32. The molecule has 0 fully saturated rings. The third-order valence-corrected chi connectivity index (χ3v) is 4.40. The molecule has 0 radical (unpaired) electrons. The Bertz CT molecular complexity index is 844. The zero-order valence-electron chi connectivity index (χ0n) is 16.4. The topological polar surface area (TPSA) is 59.9 Å². The second-order valence-electron chi connectivity index (χ2n) is 6.63. The summed E-state index contributed by atoms with van der Waals surface area (Å²) < 4.78 is 11.6. The van der Waals surface area contributed by atoms with E-state index >= 15 is 0 Å². The van der Waals surface area contributed by atoms with Crippen LogP contribution in [0.15, 0.2) is 35.4 Å². The Morgan fingerprint density at radius 3 is 2.39 bits per heavy atom. The highest BCUT2D eigenvalue weighted by Gasteiger charge is 2.11. The molecular formula is C21H24Cl2N2O3. The summed E-state index contributed by atoms with van der Waals surface area (Å²) in [5.41, 5.74) is 5.26. The number of hydrogen-bond acceptors (Lipinski definition) is 4. The van der Waals surface area contributed by atoms with Crippen LogP contribution in [0.4, 0.5) is 0 Å². The molecule has 150 valence electrons. The van der Waals surface area contributed by atoms with Crippen LogP contribution in [0.25, 0.3) is 0 Å². The van der Waals surface area contributed by atoms with Crippen LogP contribution >= 0.6 is 23.2 Å². The minimum absolute atomic E-state index is 0.261. The average Bonchev–Trinajstić information content (AvgIpc) is 2.60. The largest absolute Gasteiger partial charge is 0.490 e. The lowest BCUT2D eigenvalue weighted by atomic mass is 10.0. The van der Waals surface area contributed by atoms with Gasteiger partial charge in [-0.3, -0.25) is 4.79 Å². The highest BCUT2D eigenvalue weighted by atomic mass is 35.5. The van der Waals surface area contributed by atoms with Gasteiger partial charge in [0.05, 0.1) is 16.3 Å². The van der Waals surface area contributed by atoms with Crippen molar-refractivity contribution < 1.29 is 14.3 Å². The van der Waals surface area contributed by atoms with Crippen molar-refractivity contribution >= 4 is 35.3 Å². The zero-order valence-corrected chi connectivity index (χ0v) is 17.9. The van der Waals surface area contributed by atoms with Gasteiger partial charge in [-0.15, -0.1) is 0 Å². The maximum absolute atomic E-state index is 10.8. The van der Waals surface area contributed by atoms with E-state index in [0.717, 1.165) is 16.9 Å². The van der Waals surface area contributed by atoms with Gasteiger partial charge in [0, 0.05) is 6.92 Å². The quantitative estimate of drug-likeness (QED) is 0.354. The average molecular weight is 423 g/mol. The van der Waals surface area contributed by atoms with Crippen molar-refractivity contribution in [2.24, 2.45) is 5.10 Å². The predicted molar refractivity (Wildman–Crippen MR) is 114 cm³/mol. The fourth-order valence-electron chi connectivity index (χ4n) is 2.53. The van der Waals surface area contributed by atoms with Crippen LogP contribution in [0.2, 0.25) is 10.0 Å². The molecule has 0 aliphatic rings. The van der Waals surface area contributed by atoms with Crippen LogP contribution in [-0.2, 0) is 4.79 Å². The van der Waals surface area contributed by atoms with Gasteiger partial charge in [-0.1, -0.05) is 49.2 Å². The molecule has 0 heterocycles. The van der Waals surface area contributed by atoms with Gasteiger partial charge in [0.2, 0.25) is 5.91 Å². The maximum atomic E-state index is 10.8. The Balaban J connectivity index is 1.97. The third-order valence-electron chi connectivity index (χ3n) is 3.83. The Labute approximate surface area is 175 Å². The van der Waals surface area contributed by atoms with Crippen molar-refractivity contribution in [3.8, 4) is 11.5 Å². The minimum atomic E-state index is -0.261. The zero-order chi connectivity index (χ0) is 20.7. The summed E-state index contributed by atoms with van der Waals surface area (Å²) in [6.07, 6.45) is 1.46. The number of nitrogens with one attached hydrogen (secondary N) is 1. The molecule has 2 aromatic rings. The molecule has 2 rings (SSSR count). The molecule has 0 aromatic heterocycles. The molecule has 0 atom stereocenters. The van der Waals surface area contributed by atoms with Gasteiger partial charge in [-0.2, -0.15) is 5.10 Å². The van der Waals surface area contributed by atoms with Gasteiger partial charge in [0.25, 0.3) is 0 Å². The molecule has 28 heavy (non-hydrogen) atoms. The number of hydrazone groups is 1. The molecular weight excluding hydrogens is 399 g/mol. The number of hydrogen-bond donors (Lipinski definition) is 1. The van der Waals surface area contributed by atoms with Crippen LogP contribution in [0.1, 0.15) is 43.4 Å². The van der Waals surface area contributed by atoms with Crippen molar-refractivity contribution in [1.82, 2.24) is 5.43 Å². The van der Waals surface area contributed by atoms with Crippen LogP contribution in [-0.4, -0.2) is 25.3 Å². The molecule has 2 aromatic carbocycles. The molecule has 0 bridgehead atoms. The van der Waals surface area contributed by atoms with Gasteiger partial charge in [-0.25, -0.2) is 5.43 Å². The summed E-state index contributed by atoms with van der Waals surface area (Å²) in [4.78, 5) is 10.8. The van der Waals surface area contributed by atoms with E-state index < -0.39 is 0 Å². The molecule has 1 N–H and O–H groups in total. The van der Waals surface area contributed by atoms with Gasteiger partial charge in [0.15, 0.2) is 5.75 Å². The van der Waals surface area contributed by atoms with E-state index in [0.29, 0.717) is 40.5 Å². The maximum Gasteiger partial charge on any atom is 0.236 e. The third kappa shape index (κ3) is 6.43. The van der Waals surface area contributed by atoms with Crippen LogP contribution in [0, 0.1) is 6.92 Å².